The maximum absolute atomic E-state index is 12.8. The number of benzene rings is 1. The van der Waals surface area contributed by atoms with Crippen LogP contribution in [0.2, 0.25) is 0 Å². The van der Waals surface area contributed by atoms with Gasteiger partial charge in [-0.25, -0.2) is 4.79 Å². The molecule has 30 heavy (non-hydrogen) atoms. The van der Waals surface area contributed by atoms with E-state index in [2.05, 4.69) is 26.1 Å². The Hall–Kier alpha value is -1.74. The molecule has 0 aliphatic carbocycles. The lowest BCUT2D eigenvalue weighted by Gasteiger charge is -2.18. The molecule has 1 aromatic carbocycles. The summed E-state index contributed by atoms with van der Waals surface area (Å²) in [4.78, 5) is 30.7. The molecule has 4 rings (SSSR count). The molecule has 2 aliphatic heterocycles. The van der Waals surface area contributed by atoms with Gasteiger partial charge in [-0.3, -0.25) is 14.6 Å². The Morgan fingerprint density at radius 1 is 1.10 bits per heavy atom. The first kappa shape index (κ1) is 21.5. The fraction of sp³-hybridized carbons (Fsp3) is 0.455. The first-order valence-corrected chi connectivity index (χ1v) is 12.0. The minimum Gasteiger partial charge on any atom is -0.385 e. The van der Waals surface area contributed by atoms with Crippen molar-refractivity contribution in [1.82, 2.24) is 15.1 Å². The van der Waals surface area contributed by atoms with Crippen LogP contribution >= 0.6 is 27.3 Å². The van der Waals surface area contributed by atoms with Crippen molar-refractivity contribution in [2.24, 2.45) is 0 Å². The van der Waals surface area contributed by atoms with Crippen LogP contribution in [-0.4, -0.2) is 46.0 Å². The SMILES string of the molecule is O=C1NC(C(O)c2ccc(CN3CCCCCC3)s2)C(=O)N1Cc1cccc(Br)c1. The Labute approximate surface area is 189 Å². The first-order valence-electron chi connectivity index (χ1n) is 10.4. The Balaban J connectivity index is 1.41. The highest BCUT2D eigenvalue weighted by atomic mass is 79.9. The maximum atomic E-state index is 12.8. The number of imide groups is 1. The molecule has 0 saturated carbocycles. The average molecular weight is 492 g/mol. The number of amides is 3. The summed E-state index contributed by atoms with van der Waals surface area (Å²) >= 11 is 4.92. The lowest BCUT2D eigenvalue weighted by molar-refractivity contribution is -0.130. The standard InChI is InChI=1S/C22H26BrN3O3S/c23-16-7-5-6-15(12-16)13-26-21(28)19(24-22(26)29)20(27)18-9-8-17(30-18)14-25-10-3-1-2-4-11-25/h5-9,12,19-20,27H,1-4,10-11,13-14H2,(H,24,29). The lowest BCUT2D eigenvalue weighted by atomic mass is 10.1. The van der Waals surface area contributed by atoms with Gasteiger partial charge in [-0.2, -0.15) is 0 Å². The number of aliphatic hydroxyl groups is 1. The number of urea groups is 1. The van der Waals surface area contributed by atoms with Crippen molar-refractivity contribution in [2.75, 3.05) is 13.1 Å². The summed E-state index contributed by atoms with van der Waals surface area (Å²) in [6.45, 7) is 3.27. The van der Waals surface area contributed by atoms with Gasteiger partial charge in [-0.1, -0.05) is 40.9 Å². The van der Waals surface area contributed by atoms with Crippen LogP contribution < -0.4 is 5.32 Å². The van der Waals surface area contributed by atoms with Gasteiger partial charge >= 0.3 is 6.03 Å². The topological polar surface area (TPSA) is 72.9 Å². The predicted molar refractivity (Wildman–Crippen MR) is 120 cm³/mol. The number of halogens is 1. The van der Waals surface area contributed by atoms with Gasteiger partial charge < -0.3 is 10.4 Å². The minimum absolute atomic E-state index is 0.179. The molecule has 2 aliphatic rings. The molecule has 2 saturated heterocycles. The number of hydrogen-bond donors (Lipinski definition) is 2. The summed E-state index contributed by atoms with van der Waals surface area (Å²) in [6.07, 6.45) is 4.02. The summed E-state index contributed by atoms with van der Waals surface area (Å²) in [5, 5.41) is 13.5. The molecule has 2 aromatic rings. The van der Waals surface area contributed by atoms with E-state index in [1.54, 1.807) is 0 Å². The van der Waals surface area contributed by atoms with E-state index in [0.717, 1.165) is 29.7 Å². The number of thiophene rings is 1. The van der Waals surface area contributed by atoms with Crippen molar-refractivity contribution in [3.63, 3.8) is 0 Å². The summed E-state index contributed by atoms with van der Waals surface area (Å²) in [7, 11) is 0. The van der Waals surface area contributed by atoms with Gasteiger partial charge in [0.2, 0.25) is 0 Å². The van der Waals surface area contributed by atoms with Gasteiger partial charge in [0.15, 0.2) is 0 Å². The zero-order valence-electron chi connectivity index (χ0n) is 16.7. The Kier molecular flexibility index (Phi) is 6.87. The second kappa shape index (κ2) is 9.60. The smallest absolute Gasteiger partial charge is 0.325 e. The molecule has 3 heterocycles. The summed E-state index contributed by atoms with van der Waals surface area (Å²) in [5.74, 6) is -0.394. The third-order valence-corrected chi connectivity index (χ3v) is 7.29. The third kappa shape index (κ3) is 4.94. The van der Waals surface area contributed by atoms with Gasteiger partial charge in [-0.15, -0.1) is 11.3 Å². The summed E-state index contributed by atoms with van der Waals surface area (Å²) in [6, 6.07) is 9.97. The van der Waals surface area contributed by atoms with E-state index in [1.807, 2.05) is 36.4 Å². The molecule has 1 aromatic heterocycles. The summed E-state index contributed by atoms with van der Waals surface area (Å²) < 4.78 is 0.888. The van der Waals surface area contributed by atoms with Crippen molar-refractivity contribution in [1.29, 1.82) is 0 Å². The average Bonchev–Trinajstić information content (AvgIpc) is 3.18. The fourth-order valence-corrected chi connectivity index (χ4v) is 5.57. The highest BCUT2D eigenvalue weighted by molar-refractivity contribution is 9.10. The lowest BCUT2D eigenvalue weighted by Crippen LogP contribution is -2.35. The predicted octanol–water partition coefficient (Wildman–Crippen LogP) is 4.04. The van der Waals surface area contributed by atoms with Gasteiger partial charge in [-0.05, 0) is 55.8 Å². The molecule has 6 nitrogen and oxygen atoms in total. The number of hydrogen-bond acceptors (Lipinski definition) is 5. The van der Waals surface area contributed by atoms with Crippen LogP contribution in [0.3, 0.4) is 0 Å². The van der Waals surface area contributed by atoms with Crippen LogP contribution in [0.4, 0.5) is 4.79 Å². The Morgan fingerprint density at radius 2 is 1.87 bits per heavy atom. The monoisotopic (exact) mass is 491 g/mol. The number of aliphatic hydroxyl groups excluding tert-OH is 1. The Morgan fingerprint density at radius 3 is 2.60 bits per heavy atom. The van der Waals surface area contributed by atoms with Crippen LogP contribution in [0.1, 0.15) is 47.1 Å². The van der Waals surface area contributed by atoms with Crippen molar-refractivity contribution in [3.05, 3.63) is 56.2 Å². The highest BCUT2D eigenvalue weighted by Crippen LogP contribution is 2.30. The second-order valence-electron chi connectivity index (χ2n) is 7.92. The van der Waals surface area contributed by atoms with Crippen LogP contribution in [0.25, 0.3) is 0 Å². The molecule has 0 spiro atoms. The fourth-order valence-electron chi connectivity index (χ4n) is 4.04. The molecule has 0 radical (unpaired) electrons. The molecule has 2 atom stereocenters. The van der Waals surface area contributed by atoms with Gasteiger partial charge in [0.25, 0.3) is 5.91 Å². The van der Waals surface area contributed by atoms with Crippen molar-refractivity contribution < 1.29 is 14.7 Å². The maximum Gasteiger partial charge on any atom is 0.325 e. The highest BCUT2D eigenvalue weighted by Gasteiger charge is 2.42. The zero-order valence-corrected chi connectivity index (χ0v) is 19.1. The van der Waals surface area contributed by atoms with Crippen LogP contribution in [0, 0.1) is 0 Å². The van der Waals surface area contributed by atoms with E-state index in [9.17, 15) is 14.7 Å². The van der Waals surface area contributed by atoms with Gasteiger partial charge in [0.05, 0.1) is 6.54 Å². The van der Waals surface area contributed by atoms with E-state index in [1.165, 1.54) is 46.8 Å². The molecule has 3 amide bonds. The van der Waals surface area contributed by atoms with E-state index in [0.29, 0.717) is 4.88 Å². The zero-order chi connectivity index (χ0) is 21.1. The minimum atomic E-state index is -1.04. The molecule has 2 unspecified atom stereocenters. The largest absolute Gasteiger partial charge is 0.385 e. The number of nitrogens with one attached hydrogen (secondary N) is 1. The number of nitrogens with zero attached hydrogens (tertiary/aromatic N) is 2. The van der Waals surface area contributed by atoms with Crippen molar-refractivity contribution in [2.45, 2.75) is 50.9 Å². The van der Waals surface area contributed by atoms with Crippen LogP contribution in [0.5, 0.6) is 0 Å². The number of carbonyl (C=O) groups is 2. The second-order valence-corrected chi connectivity index (χ2v) is 10.0. The number of likely N-dealkylation sites (tertiary alicyclic amines) is 1. The molecule has 2 fully saturated rings. The van der Waals surface area contributed by atoms with E-state index < -0.39 is 24.1 Å². The molecule has 0 bridgehead atoms. The molecular formula is C22H26BrN3O3S. The molecule has 160 valence electrons. The van der Waals surface area contributed by atoms with Crippen LogP contribution in [0.15, 0.2) is 40.9 Å². The third-order valence-electron chi connectivity index (χ3n) is 5.65. The normalized spacial score (nSPS) is 21.5. The van der Waals surface area contributed by atoms with E-state index >= 15 is 0 Å². The Bertz CT molecular complexity index is 911. The molecule has 2 N–H and O–H groups in total. The van der Waals surface area contributed by atoms with Crippen molar-refractivity contribution >= 4 is 39.2 Å². The van der Waals surface area contributed by atoms with E-state index in [4.69, 9.17) is 0 Å². The van der Waals surface area contributed by atoms with Gasteiger partial charge in [0, 0.05) is 20.8 Å². The molecule has 8 heteroatoms. The van der Waals surface area contributed by atoms with Crippen LogP contribution in [-0.2, 0) is 17.9 Å². The first-order chi connectivity index (χ1) is 14.5. The number of carbonyl (C=O) groups excluding carboxylic acids is 2. The summed E-state index contributed by atoms with van der Waals surface area (Å²) in [5.41, 5.74) is 0.846. The van der Waals surface area contributed by atoms with Crippen molar-refractivity contribution in [3.8, 4) is 0 Å². The van der Waals surface area contributed by atoms with E-state index in [-0.39, 0.29) is 6.54 Å². The number of rotatable bonds is 6. The van der Waals surface area contributed by atoms with Gasteiger partial charge in [0.1, 0.15) is 12.1 Å². The molecular weight excluding hydrogens is 466 g/mol. The quantitative estimate of drug-likeness (QED) is 0.598.